The van der Waals surface area contributed by atoms with Crippen molar-refractivity contribution in [3.8, 4) is 17.2 Å². The fourth-order valence-electron chi connectivity index (χ4n) is 3.84. The Bertz CT molecular complexity index is 908. The average molecular weight is 463 g/mol. The highest BCUT2D eigenvalue weighted by Crippen LogP contribution is 2.29. The molecule has 0 saturated heterocycles. The number of rotatable bonds is 16. The van der Waals surface area contributed by atoms with Gasteiger partial charge in [-0.05, 0) is 30.5 Å². The Morgan fingerprint density at radius 1 is 0.750 bits per heavy atom. The fourth-order valence-corrected chi connectivity index (χ4v) is 4.37. The molecule has 0 atom stereocenters. The Kier molecular flexibility index (Phi) is 11.6. The maximum atomic E-state index is 11.3. The number of unbranched alkanes of at least 4 members (excludes halogenated alkanes) is 11. The van der Waals surface area contributed by atoms with Crippen LogP contribution in [-0.4, -0.2) is 18.1 Å². The minimum atomic E-state index is -4.42. The summed E-state index contributed by atoms with van der Waals surface area (Å²) in [4.78, 5) is -0.403. The maximum Gasteiger partial charge on any atom is 0.294 e. The van der Waals surface area contributed by atoms with Crippen molar-refractivity contribution in [3.05, 3.63) is 48.0 Å². The number of benzene rings is 2. The van der Waals surface area contributed by atoms with Crippen molar-refractivity contribution >= 4 is 10.1 Å². The zero-order chi connectivity index (χ0) is 23.2. The van der Waals surface area contributed by atoms with Crippen molar-refractivity contribution in [2.45, 2.75) is 95.3 Å². The first kappa shape index (κ1) is 26.2. The summed E-state index contributed by atoms with van der Waals surface area (Å²) in [6.07, 6.45) is 16.8. The number of phenols is 1. The number of hydrogen-bond acceptors (Lipinski definition) is 4. The molecule has 5 nitrogen and oxygen atoms in total. The van der Waals surface area contributed by atoms with E-state index in [2.05, 4.69) is 13.0 Å². The number of phenolic OH excluding ortho intramolecular Hbond substituents is 1. The van der Waals surface area contributed by atoms with Crippen LogP contribution in [0.25, 0.3) is 0 Å². The van der Waals surface area contributed by atoms with Crippen LogP contribution in [0.2, 0.25) is 0 Å². The molecular weight excluding hydrogens is 424 g/mol. The molecule has 6 heteroatoms. The molecule has 0 unspecified atom stereocenters. The predicted octanol–water partition coefficient (Wildman–Crippen LogP) is 7.67. The molecule has 0 heterocycles. The van der Waals surface area contributed by atoms with Gasteiger partial charge in [-0.3, -0.25) is 4.55 Å². The topological polar surface area (TPSA) is 83.8 Å². The molecule has 0 aromatic heterocycles. The summed E-state index contributed by atoms with van der Waals surface area (Å²) in [5.74, 6) is 0.427. The second-order valence-corrected chi connectivity index (χ2v) is 9.95. The molecule has 0 aliphatic heterocycles. The third kappa shape index (κ3) is 10.5. The molecular formula is C26H38O5S. The van der Waals surface area contributed by atoms with E-state index in [1.165, 1.54) is 82.8 Å². The van der Waals surface area contributed by atoms with Crippen molar-refractivity contribution < 1.29 is 22.8 Å². The van der Waals surface area contributed by atoms with Crippen LogP contribution in [0, 0.1) is 0 Å². The minimum Gasteiger partial charge on any atom is -0.508 e. The van der Waals surface area contributed by atoms with Crippen LogP contribution in [0.4, 0.5) is 0 Å². The molecule has 0 aliphatic rings. The molecule has 0 bridgehead atoms. The summed E-state index contributed by atoms with van der Waals surface area (Å²) in [5.41, 5.74) is 1.16. The van der Waals surface area contributed by atoms with Crippen LogP contribution >= 0.6 is 0 Å². The summed E-state index contributed by atoms with van der Waals surface area (Å²) in [7, 11) is -4.42. The van der Waals surface area contributed by atoms with E-state index in [4.69, 9.17) is 4.74 Å². The fraction of sp³-hybridized carbons (Fsp3) is 0.538. The van der Waals surface area contributed by atoms with E-state index in [1.54, 1.807) is 6.07 Å². The molecule has 2 aromatic carbocycles. The van der Waals surface area contributed by atoms with Crippen molar-refractivity contribution in [3.63, 3.8) is 0 Å². The molecule has 0 aliphatic carbocycles. The summed E-state index contributed by atoms with van der Waals surface area (Å²) in [6.45, 7) is 2.26. The van der Waals surface area contributed by atoms with E-state index in [-0.39, 0.29) is 11.5 Å². The first-order valence-electron chi connectivity index (χ1n) is 12.0. The van der Waals surface area contributed by atoms with Crippen LogP contribution in [-0.2, 0) is 16.5 Å². The second-order valence-electron chi connectivity index (χ2n) is 8.53. The summed E-state index contributed by atoms with van der Waals surface area (Å²) < 4.78 is 37.6. The minimum absolute atomic E-state index is 0.153. The Balaban J connectivity index is 1.68. The first-order valence-corrected chi connectivity index (χ1v) is 13.4. The highest BCUT2D eigenvalue weighted by molar-refractivity contribution is 7.85. The first-order chi connectivity index (χ1) is 15.4. The molecule has 0 radical (unpaired) electrons. The molecule has 0 amide bonds. The van der Waals surface area contributed by atoms with Crippen LogP contribution in [0.5, 0.6) is 17.2 Å². The van der Waals surface area contributed by atoms with Crippen LogP contribution in [0.3, 0.4) is 0 Å². The van der Waals surface area contributed by atoms with Crippen molar-refractivity contribution in [1.29, 1.82) is 0 Å². The van der Waals surface area contributed by atoms with Gasteiger partial charge in [0.05, 0.1) is 0 Å². The standard InChI is InChI=1S/C26H38O5S/c1-2-3-4-5-6-7-8-9-10-11-12-13-15-22-16-14-17-24(18-22)31-25-19-23(27)20-26(21-25)32(28,29)30/h14,16-21,27H,2-13,15H2,1H3,(H,28,29,30). The van der Waals surface area contributed by atoms with Gasteiger partial charge in [0.15, 0.2) is 0 Å². The molecule has 2 rings (SSSR count). The predicted molar refractivity (Wildman–Crippen MR) is 129 cm³/mol. The van der Waals surface area contributed by atoms with Crippen molar-refractivity contribution in [2.24, 2.45) is 0 Å². The normalized spacial score (nSPS) is 11.6. The molecule has 0 fully saturated rings. The van der Waals surface area contributed by atoms with Crippen molar-refractivity contribution in [2.75, 3.05) is 0 Å². The SMILES string of the molecule is CCCCCCCCCCCCCCc1cccc(Oc2cc(O)cc(S(=O)(=O)O)c2)c1. The van der Waals surface area contributed by atoms with Crippen molar-refractivity contribution in [1.82, 2.24) is 0 Å². The number of ether oxygens (including phenoxy) is 1. The van der Waals surface area contributed by atoms with Crippen LogP contribution in [0.15, 0.2) is 47.4 Å². The number of aromatic hydroxyl groups is 1. The molecule has 2 N–H and O–H groups in total. The Hall–Kier alpha value is -2.05. The lowest BCUT2D eigenvalue weighted by molar-refractivity contribution is 0.446. The zero-order valence-electron chi connectivity index (χ0n) is 19.3. The van der Waals surface area contributed by atoms with E-state index in [1.807, 2.05) is 12.1 Å². The Labute approximate surface area is 193 Å². The number of aryl methyl sites for hydroxylation is 1. The van der Waals surface area contributed by atoms with E-state index >= 15 is 0 Å². The van der Waals surface area contributed by atoms with E-state index in [0.717, 1.165) is 24.5 Å². The monoisotopic (exact) mass is 462 g/mol. The van der Waals surface area contributed by atoms with Gasteiger partial charge in [0, 0.05) is 18.2 Å². The summed E-state index contributed by atoms with van der Waals surface area (Å²) in [6, 6.07) is 11.1. The van der Waals surface area contributed by atoms with Gasteiger partial charge in [-0.1, -0.05) is 89.7 Å². The van der Waals surface area contributed by atoms with Gasteiger partial charge in [-0.2, -0.15) is 8.42 Å². The zero-order valence-corrected chi connectivity index (χ0v) is 20.1. The van der Waals surface area contributed by atoms with E-state index in [0.29, 0.717) is 5.75 Å². The van der Waals surface area contributed by atoms with Gasteiger partial charge in [-0.15, -0.1) is 0 Å². The second kappa shape index (κ2) is 14.2. The largest absolute Gasteiger partial charge is 0.508 e. The smallest absolute Gasteiger partial charge is 0.294 e. The van der Waals surface area contributed by atoms with Gasteiger partial charge in [0.2, 0.25) is 0 Å². The lowest BCUT2D eigenvalue weighted by atomic mass is 10.0. The molecule has 0 saturated carbocycles. The van der Waals surface area contributed by atoms with Crippen LogP contribution in [0.1, 0.15) is 89.5 Å². The van der Waals surface area contributed by atoms with Gasteiger partial charge in [0.1, 0.15) is 22.1 Å². The Morgan fingerprint density at radius 2 is 1.34 bits per heavy atom. The third-order valence-corrected chi connectivity index (χ3v) is 6.45. The van der Waals surface area contributed by atoms with Gasteiger partial charge in [0.25, 0.3) is 10.1 Å². The maximum absolute atomic E-state index is 11.3. The third-order valence-electron chi connectivity index (χ3n) is 5.62. The van der Waals surface area contributed by atoms with Crippen LogP contribution < -0.4 is 4.74 Å². The summed E-state index contributed by atoms with van der Waals surface area (Å²) >= 11 is 0. The highest BCUT2D eigenvalue weighted by Gasteiger charge is 2.13. The lowest BCUT2D eigenvalue weighted by Gasteiger charge is -2.09. The van der Waals surface area contributed by atoms with E-state index in [9.17, 15) is 18.1 Å². The average Bonchev–Trinajstić information content (AvgIpc) is 2.74. The summed E-state index contributed by atoms with van der Waals surface area (Å²) in [5, 5.41) is 9.71. The molecule has 0 spiro atoms. The molecule has 178 valence electrons. The number of hydrogen-bond donors (Lipinski definition) is 2. The quantitative estimate of drug-likeness (QED) is 0.197. The van der Waals surface area contributed by atoms with Gasteiger partial charge < -0.3 is 9.84 Å². The Morgan fingerprint density at radius 3 is 1.94 bits per heavy atom. The van der Waals surface area contributed by atoms with Gasteiger partial charge in [-0.25, -0.2) is 0 Å². The molecule has 2 aromatic rings. The van der Waals surface area contributed by atoms with Gasteiger partial charge >= 0.3 is 0 Å². The highest BCUT2D eigenvalue weighted by atomic mass is 32.2. The van der Waals surface area contributed by atoms with E-state index < -0.39 is 15.0 Å². The molecule has 32 heavy (non-hydrogen) atoms. The lowest BCUT2D eigenvalue weighted by Crippen LogP contribution is -1.98.